The van der Waals surface area contributed by atoms with Crippen LogP contribution in [0.4, 0.5) is 0 Å². The summed E-state index contributed by atoms with van der Waals surface area (Å²) in [6.07, 6.45) is 7.17. The predicted octanol–water partition coefficient (Wildman–Crippen LogP) is 1.87. The average molecular weight is 274 g/mol. The summed E-state index contributed by atoms with van der Waals surface area (Å²) in [5.41, 5.74) is 6.32. The highest BCUT2D eigenvalue weighted by Gasteiger charge is 2.30. The second-order valence-electron chi connectivity index (χ2n) is 5.44. The largest absolute Gasteiger partial charge is 0.376 e. The molecule has 1 saturated carbocycles. The van der Waals surface area contributed by atoms with Crippen LogP contribution in [0.3, 0.4) is 0 Å². The van der Waals surface area contributed by atoms with E-state index in [9.17, 15) is 0 Å². The first kappa shape index (κ1) is 13.2. The van der Waals surface area contributed by atoms with Gasteiger partial charge in [-0.1, -0.05) is 5.16 Å². The van der Waals surface area contributed by atoms with Gasteiger partial charge in [0.2, 0.25) is 0 Å². The summed E-state index contributed by atoms with van der Waals surface area (Å²) in [6, 6.07) is 3.63. The van der Waals surface area contributed by atoms with Crippen molar-refractivity contribution < 1.29 is 9.26 Å². The van der Waals surface area contributed by atoms with E-state index in [0.29, 0.717) is 24.4 Å². The second-order valence-corrected chi connectivity index (χ2v) is 5.44. The van der Waals surface area contributed by atoms with Crippen molar-refractivity contribution in [3.05, 3.63) is 30.4 Å². The molecule has 2 aromatic rings. The molecule has 6 heteroatoms. The molecular formula is C14H18N4O2. The Morgan fingerprint density at radius 1 is 1.40 bits per heavy atom. The highest BCUT2D eigenvalue weighted by molar-refractivity contribution is 5.51. The Kier molecular flexibility index (Phi) is 3.50. The fourth-order valence-electron chi connectivity index (χ4n) is 1.96. The molecule has 6 nitrogen and oxygen atoms in total. The summed E-state index contributed by atoms with van der Waals surface area (Å²) in [4.78, 5) is 8.32. The van der Waals surface area contributed by atoms with Crippen molar-refractivity contribution in [3.63, 3.8) is 0 Å². The van der Waals surface area contributed by atoms with Gasteiger partial charge in [0.05, 0.1) is 12.7 Å². The number of hydrogen-bond acceptors (Lipinski definition) is 6. The van der Waals surface area contributed by atoms with E-state index >= 15 is 0 Å². The molecule has 0 spiro atoms. The van der Waals surface area contributed by atoms with E-state index in [0.717, 1.165) is 18.4 Å². The molecule has 0 amide bonds. The van der Waals surface area contributed by atoms with Gasteiger partial charge in [-0.05, 0) is 38.3 Å². The number of pyridine rings is 1. The van der Waals surface area contributed by atoms with Crippen LogP contribution in [-0.2, 0) is 10.3 Å². The number of hydrogen-bond donors (Lipinski definition) is 1. The molecule has 3 rings (SSSR count). The first-order valence-corrected chi connectivity index (χ1v) is 6.80. The van der Waals surface area contributed by atoms with Crippen LogP contribution in [0.2, 0.25) is 0 Å². The minimum Gasteiger partial charge on any atom is -0.376 e. The van der Waals surface area contributed by atoms with Gasteiger partial charge in [0, 0.05) is 18.0 Å². The first-order chi connectivity index (χ1) is 9.65. The SMILES string of the molecule is CC(N)(COC1CCC1)c1noc(-c2ccncc2)n1. The molecule has 1 atom stereocenters. The molecule has 1 unspecified atom stereocenters. The molecule has 0 saturated heterocycles. The van der Waals surface area contributed by atoms with Crippen molar-refractivity contribution in [3.8, 4) is 11.5 Å². The minimum atomic E-state index is -0.746. The quantitative estimate of drug-likeness (QED) is 0.895. The maximum Gasteiger partial charge on any atom is 0.258 e. The molecule has 20 heavy (non-hydrogen) atoms. The summed E-state index contributed by atoms with van der Waals surface area (Å²) in [5.74, 6) is 0.909. The van der Waals surface area contributed by atoms with Gasteiger partial charge in [-0.3, -0.25) is 4.98 Å². The molecule has 0 bridgehead atoms. The number of ether oxygens (including phenoxy) is 1. The van der Waals surface area contributed by atoms with Gasteiger partial charge < -0.3 is 15.0 Å². The van der Waals surface area contributed by atoms with Gasteiger partial charge in [0.1, 0.15) is 5.54 Å². The van der Waals surface area contributed by atoms with Crippen molar-refractivity contribution in [1.82, 2.24) is 15.1 Å². The zero-order valence-electron chi connectivity index (χ0n) is 11.5. The van der Waals surface area contributed by atoms with Crippen LogP contribution in [-0.4, -0.2) is 27.8 Å². The van der Waals surface area contributed by atoms with Crippen LogP contribution in [0, 0.1) is 0 Å². The lowest BCUT2D eigenvalue weighted by Crippen LogP contribution is -2.41. The maximum absolute atomic E-state index is 6.23. The van der Waals surface area contributed by atoms with Crippen molar-refractivity contribution in [1.29, 1.82) is 0 Å². The lowest BCUT2D eigenvalue weighted by Gasteiger charge is -2.29. The standard InChI is InChI=1S/C14H18N4O2/c1-14(15,9-19-11-3-2-4-11)13-17-12(20-18-13)10-5-7-16-8-6-10/h5-8,11H,2-4,9,15H2,1H3. The van der Waals surface area contributed by atoms with E-state index in [1.165, 1.54) is 6.42 Å². The summed E-state index contributed by atoms with van der Waals surface area (Å²) in [6.45, 7) is 2.25. The Balaban J connectivity index is 1.71. The fourth-order valence-corrected chi connectivity index (χ4v) is 1.96. The van der Waals surface area contributed by atoms with Gasteiger partial charge in [0.25, 0.3) is 5.89 Å². The van der Waals surface area contributed by atoms with Crippen LogP contribution in [0.5, 0.6) is 0 Å². The number of aromatic nitrogens is 3. The van der Waals surface area contributed by atoms with Gasteiger partial charge in [0.15, 0.2) is 5.82 Å². The monoisotopic (exact) mass is 274 g/mol. The van der Waals surface area contributed by atoms with Gasteiger partial charge in [-0.15, -0.1) is 0 Å². The highest BCUT2D eigenvalue weighted by atomic mass is 16.5. The first-order valence-electron chi connectivity index (χ1n) is 6.80. The van der Waals surface area contributed by atoms with Gasteiger partial charge in [-0.2, -0.15) is 4.98 Å². The molecule has 1 aliphatic carbocycles. The Labute approximate surface area is 117 Å². The zero-order chi connectivity index (χ0) is 14.0. The van der Waals surface area contributed by atoms with Crippen molar-refractivity contribution in [2.24, 2.45) is 5.73 Å². The summed E-state index contributed by atoms with van der Waals surface area (Å²) in [5, 5.41) is 3.97. The van der Waals surface area contributed by atoms with Crippen molar-refractivity contribution in [2.45, 2.75) is 37.8 Å². The maximum atomic E-state index is 6.23. The molecule has 1 fully saturated rings. The molecule has 106 valence electrons. The van der Waals surface area contributed by atoms with E-state index in [-0.39, 0.29) is 0 Å². The minimum absolute atomic E-state index is 0.337. The molecule has 0 aliphatic heterocycles. The molecule has 0 radical (unpaired) electrons. The predicted molar refractivity (Wildman–Crippen MR) is 72.7 cm³/mol. The van der Waals surface area contributed by atoms with Crippen molar-refractivity contribution >= 4 is 0 Å². The van der Waals surface area contributed by atoms with Gasteiger partial charge >= 0.3 is 0 Å². The topological polar surface area (TPSA) is 87.1 Å². The van der Waals surface area contributed by atoms with Gasteiger partial charge in [-0.25, -0.2) is 0 Å². The Hall–Kier alpha value is -1.79. The Morgan fingerprint density at radius 2 is 2.15 bits per heavy atom. The van der Waals surface area contributed by atoms with Crippen LogP contribution < -0.4 is 5.73 Å². The molecular weight excluding hydrogens is 256 g/mol. The van der Waals surface area contributed by atoms with Crippen LogP contribution in [0.25, 0.3) is 11.5 Å². The van der Waals surface area contributed by atoms with Crippen molar-refractivity contribution in [2.75, 3.05) is 6.61 Å². The molecule has 1 aliphatic rings. The van der Waals surface area contributed by atoms with E-state index in [4.69, 9.17) is 15.0 Å². The van der Waals surface area contributed by atoms with E-state index < -0.39 is 5.54 Å². The smallest absolute Gasteiger partial charge is 0.258 e. The van der Waals surface area contributed by atoms with E-state index in [2.05, 4.69) is 15.1 Å². The Bertz CT molecular complexity index is 564. The number of nitrogens with zero attached hydrogens (tertiary/aromatic N) is 3. The van der Waals surface area contributed by atoms with Crippen LogP contribution >= 0.6 is 0 Å². The fraction of sp³-hybridized carbons (Fsp3) is 0.500. The van der Waals surface area contributed by atoms with Crippen LogP contribution in [0.1, 0.15) is 32.0 Å². The molecule has 0 aromatic carbocycles. The Morgan fingerprint density at radius 3 is 2.80 bits per heavy atom. The zero-order valence-corrected chi connectivity index (χ0v) is 11.5. The third kappa shape index (κ3) is 2.71. The summed E-state index contributed by atoms with van der Waals surface area (Å²) < 4.78 is 11.0. The third-order valence-electron chi connectivity index (χ3n) is 3.54. The number of nitrogens with two attached hydrogens (primary N) is 1. The molecule has 2 aromatic heterocycles. The third-order valence-corrected chi connectivity index (χ3v) is 3.54. The molecule has 2 heterocycles. The normalized spacial score (nSPS) is 18.5. The number of rotatable bonds is 5. The van der Waals surface area contributed by atoms with E-state index in [1.807, 2.05) is 19.1 Å². The lowest BCUT2D eigenvalue weighted by molar-refractivity contribution is -0.0222. The average Bonchev–Trinajstić information content (AvgIpc) is 2.88. The molecule has 2 N–H and O–H groups in total. The highest BCUT2D eigenvalue weighted by Crippen LogP contribution is 2.25. The summed E-state index contributed by atoms with van der Waals surface area (Å²) >= 11 is 0. The lowest BCUT2D eigenvalue weighted by atomic mass is 9.95. The summed E-state index contributed by atoms with van der Waals surface area (Å²) in [7, 11) is 0. The van der Waals surface area contributed by atoms with Crippen LogP contribution in [0.15, 0.2) is 29.0 Å². The van der Waals surface area contributed by atoms with E-state index in [1.54, 1.807) is 12.4 Å². The second kappa shape index (κ2) is 5.30.